The number of hydrogen-bond acceptors (Lipinski definition) is 3. The van der Waals surface area contributed by atoms with Crippen molar-refractivity contribution < 1.29 is 14.3 Å². The summed E-state index contributed by atoms with van der Waals surface area (Å²) in [4.78, 5) is 11.9. The maximum atomic E-state index is 11.9. The van der Waals surface area contributed by atoms with E-state index in [9.17, 15) is 4.79 Å². The third-order valence-electron chi connectivity index (χ3n) is 2.57. The van der Waals surface area contributed by atoms with Gasteiger partial charge in [0.05, 0.1) is 17.8 Å². The van der Waals surface area contributed by atoms with E-state index >= 15 is 0 Å². The fraction of sp³-hybridized carbons (Fsp3) is 0.562. The first-order valence-electron chi connectivity index (χ1n) is 6.82. The molecule has 0 spiro atoms. The van der Waals surface area contributed by atoms with Crippen molar-refractivity contribution in [2.45, 2.75) is 59.7 Å². The lowest BCUT2D eigenvalue weighted by molar-refractivity contribution is 0.0377. The van der Waals surface area contributed by atoms with Crippen molar-refractivity contribution >= 4 is 5.97 Å². The van der Waals surface area contributed by atoms with Crippen molar-refractivity contribution in [2.75, 3.05) is 0 Å². The Kier molecular flexibility index (Phi) is 5.40. The van der Waals surface area contributed by atoms with E-state index in [2.05, 4.69) is 13.8 Å². The van der Waals surface area contributed by atoms with Crippen LogP contribution in [0.1, 0.15) is 63.4 Å². The maximum absolute atomic E-state index is 11.9. The molecule has 19 heavy (non-hydrogen) atoms. The minimum atomic E-state index is -0.284. The van der Waals surface area contributed by atoms with Crippen LogP contribution in [0.2, 0.25) is 0 Å². The van der Waals surface area contributed by atoms with E-state index in [1.165, 1.54) is 0 Å². The van der Waals surface area contributed by atoms with Gasteiger partial charge in [0.2, 0.25) is 0 Å². The predicted molar refractivity (Wildman–Crippen MR) is 76.8 cm³/mol. The zero-order valence-electron chi connectivity index (χ0n) is 12.7. The molecular weight excluding hydrogens is 240 g/mol. The molecule has 0 N–H and O–H groups in total. The summed E-state index contributed by atoms with van der Waals surface area (Å²) in [5, 5.41) is 0. The Morgan fingerprint density at radius 3 is 2.11 bits per heavy atom. The van der Waals surface area contributed by atoms with Crippen molar-refractivity contribution in [1.29, 1.82) is 0 Å². The lowest BCUT2D eigenvalue weighted by Gasteiger charge is -2.17. The van der Waals surface area contributed by atoms with Gasteiger partial charge in [-0.1, -0.05) is 13.8 Å². The highest BCUT2D eigenvalue weighted by Crippen LogP contribution is 2.28. The molecular formula is C16H24O3. The van der Waals surface area contributed by atoms with Gasteiger partial charge in [0, 0.05) is 0 Å². The van der Waals surface area contributed by atoms with E-state index in [1.54, 1.807) is 6.07 Å². The van der Waals surface area contributed by atoms with Gasteiger partial charge in [-0.2, -0.15) is 0 Å². The number of ether oxygens (including phenoxy) is 2. The van der Waals surface area contributed by atoms with Crippen LogP contribution in [0.5, 0.6) is 5.75 Å². The molecule has 0 amide bonds. The molecule has 0 unspecified atom stereocenters. The standard InChI is InChI=1S/C16H24O3/c1-10(2)14-9-13(16(17)19-12(5)6)7-8-15(14)18-11(3)4/h7-12H,1-6H3. The first-order chi connectivity index (χ1) is 8.81. The molecule has 3 heteroatoms. The molecule has 3 nitrogen and oxygen atoms in total. The molecule has 1 aromatic rings. The van der Waals surface area contributed by atoms with Crippen molar-refractivity contribution in [2.24, 2.45) is 0 Å². The Morgan fingerprint density at radius 1 is 1.00 bits per heavy atom. The Labute approximate surface area is 115 Å². The summed E-state index contributed by atoms with van der Waals surface area (Å²) >= 11 is 0. The topological polar surface area (TPSA) is 35.5 Å². The SMILES string of the molecule is CC(C)OC(=O)c1ccc(OC(C)C)c(C(C)C)c1. The summed E-state index contributed by atoms with van der Waals surface area (Å²) in [7, 11) is 0. The molecule has 0 aliphatic carbocycles. The molecule has 0 fully saturated rings. The van der Waals surface area contributed by atoms with Crippen molar-refractivity contribution in [3.05, 3.63) is 29.3 Å². The number of rotatable bonds is 5. The second-order valence-corrected chi connectivity index (χ2v) is 5.53. The maximum Gasteiger partial charge on any atom is 0.338 e. The number of carbonyl (C=O) groups excluding carboxylic acids is 1. The van der Waals surface area contributed by atoms with Crippen LogP contribution in [0, 0.1) is 0 Å². The zero-order chi connectivity index (χ0) is 14.6. The van der Waals surface area contributed by atoms with E-state index in [1.807, 2.05) is 39.8 Å². The van der Waals surface area contributed by atoms with Crippen LogP contribution in [0.3, 0.4) is 0 Å². The summed E-state index contributed by atoms with van der Waals surface area (Å²) in [6.45, 7) is 11.8. The average molecular weight is 264 g/mol. The van der Waals surface area contributed by atoms with E-state index in [0.717, 1.165) is 11.3 Å². The minimum absolute atomic E-state index is 0.110. The molecule has 1 rings (SSSR count). The van der Waals surface area contributed by atoms with Crippen LogP contribution >= 0.6 is 0 Å². The lowest BCUT2D eigenvalue weighted by atomic mass is 9.99. The molecule has 0 atom stereocenters. The Bertz CT molecular complexity index is 434. The van der Waals surface area contributed by atoms with Crippen LogP contribution in [0.15, 0.2) is 18.2 Å². The Hall–Kier alpha value is -1.51. The Morgan fingerprint density at radius 2 is 1.63 bits per heavy atom. The predicted octanol–water partition coefficient (Wildman–Crippen LogP) is 4.16. The highest BCUT2D eigenvalue weighted by Gasteiger charge is 2.15. The number of esters is 1. The molecule has 0 bridgehead atoms. The van der Waals surface area contributed by atoms with Crippen LogP contribution in [-0.4, -0.2) is 18.2 Å². The molecule has 0 aliphatic rings. The number of carbonyl (C=O) groups is 1. The van der Waals surface area contributed by atoms with Gasteiger partial charge in [-0.3, -0.25) is 0 Å². The number of benzene rings is 1. The van der Waals surface area contributed by atoms with Gasteiger partial charge in [0.25, 0.3) is 0 Å². The van der Waals surface area contributed by atoms with Crippen molar-refractivity contribution in [3.8, 4) is 5.75 Å². The van der Waals surface area contributed by atoms with Gasteiger partial charge < -0.3 is 9.47 Å². The highest BCUT2D eigenvalue weighted by atomic mass is 16.5. The van der Waals surface area contributed by atoms with Gasteiger partial charge in [-0.25, -0.2) is 4.79 Å². The molecule has 0 aliphatic heterocycles. The fourth-order valence-electron chi connectivity index (χ4n) is 1.77. The van der Waals surface area contributed by atoms with Crippen LogP contribution in [0.25, 0.3) is 0 Å². The van der Waals surface area contributed by atoms with E-state index in [-0.39, 0.29) is 18.2 Å². The van der Waals surface area contributed by atoms with Gasteiger partial charge in [-0.05, 0) is 57.4 Å². The first-order valence-corrected chi connectivity index (χ1v) is 6.82. The first kappa shape index (κ1) is 15.5. The third-order valence-corrected chi connectivity index (χ3v) is 2.57. The summed E-state index contributed by atoms with van der Waals surface area (Å²) in [6, 6.07) is 5.48. The van der Waals surface area contributed by atoms with Crippen LogP contribution in [0.4, 0.5) is 0 Å². The molecule has 0 saturated carbocycles. The van der Waals surface area contributed by atoms with Crippen molar-refractivity contribution in [3.63, 3.8) is 0 Å². The average Bonchev–Trinajstić information content (AvgIpc) is 2.27. The van der Waals surface area contributed by atoms with Crippen molar-refractivity contribution in [1.82, 2.24) is 0 Å². The number of hydrogen-bond donors (Lipinski definition) is 0. The molecule has 106 valence electrons. The van der Waals surface area contributed by atoms with E-state index < -0.39 is 0 Å². The van der Waals surface area contributed by atoms with Gasteiger partial charge >= 0.3 is 5.97 Å². The second kappa shape index (κ2) is 6.60. The summed E-state index contributed by atoms with van der Waals surface area (Å²) in [6.07, 6.45) is 0.00700. The molecule has 0 aromatic heterocycles. The van der Waals surface area contributed by atoms with Gasteiger partial charge in [0.1, 0.15) is 5.75 Å². The summed E-state index contributed by atoms with van der Waals surface area (Å²) in [5.41, 5.74) is 1.61. The molecule has 1 aromatic carbocycles. The largest absolute Gasteiger partial charge is 0.491 e. The van der Waals surface area contributed by atoms with Crippen LogP contribution < -0.4 is 4.74 Å². The monoisotopic (exact) mass is 264 g/mol. The van der Waals surface area contributed by atoms with Gasteiger partial charge in [0.15, 0.2) is 0 Å². The van der Waals surface area contributed by atoms with Crippen LogP contribution in [-0.2, 0) is 4.74 Å². The normalized spacial score (nSPS) is 11.2. The lowest BCUT2D eigenvalue weighted by Crippen LogP contribution is -2.13. The molecule has 0 heterocycles. The summed E-state index contributed by atoms with van der Waals surface area (Å²) in [5.74, 6) is 0.847. The quantitative estimate of drug-likeness (QED) is 0.749. The minimum Gasteiger partial charge on any atom is -0.491 e. The van der Waals surface area contributed by atoms with E-state index in [4.69, 9.17) is 9.47 Å². The smallest absolute Gasteiger partial charge is 0.338 e. The molecule has 0 saturated heterocycles. The van der Waals surface area contributed by atoms with E-state index in [0.29, 0.717) is 11.5 Å². The third kappa shape index (κ3) is 4.58. The van der Waals surface area contributed by atoms with Gasteiger partial charge in [-0.15, -0.1) is 0 Å². The molecule has 0 radical (unpaired) electrons. The fourth-order valence-corrected chi connectivity index (χ4v) is 1.77. The second-order valence-electron chi connectivity index (χ2n) is 5.53. The summed E-state index contributed by atoms with van der Waals surface area (Å²) < 4.78 is 11.0. The Balaban J connectivity index is 3.05. The zero-order valence-corrected chi connectivity index (χ0v) is 12.7. The highest BCUT2D eigenvalue weighted by molar-refractivity contribution is 5.90.